The van der Waals surface area contributed by atoms with Gasteiger partial charge in [0, 0.05) is 6.54 Å². The molecule has 1 fully saturated rings. The fourth-order valence-electron chi connectivity index (χ4n) is 2.60. The van der Waals surface area contributed by atoms with Crippen LogP contribution in [0.15, 0.2) is 24.3 Å². The first-order valence-corrected chi connectivity index (χ1v) is 7.80. The van der Waals surface area contributed by atoms with Crippen molar-refractivity contribution < 1.29 is 22.8 Å². The Morgan fingerprint density at radius 3 is 2.62 bits per heavy atom. The summed E-state index contributed by atoms with van der Waals surface area (Å²) >= 11 is 0. The number of rotatable bonds is 5. The molecule has 1 unspecified atom stereocenters. The topological polar surface area (TPSA) is 70.2 Å². The molecule has 0 spiro atoms. The van der Waals surface area contributed by atoms with Gasteiger partial charge in [0.2, 0.25) is 5.91 Å². The average Bonchev–Trinajstić information content (AvgIpc) is 2.58. The smallest absolute Gasteiger partial charge is 0.354 e. The molecule has 2 amide bonds. The molecule has 0 saturated carbocycles. The third-order valence-corrected chi connectivity index (χ3v) is 3.87. The van der Waals surface area contributed by atoms with Gasteiger partial charge < -0.3 is 16.0 Å². The van der Waals surface area contributed by atoms with Crippen molar-refractivity contribution in [3.05, 3.63) is 35.4 Å². The second-order valence-corrected chi connectivity index (χ2v) is 5.74. The monoisotopic (exact) mass is 343 g/mol. The number of alkyl halides is 3. The van der Waals surface area contributed by atoms with Gasteiger partial charge in [-0.15, -0.1) is 0 Å². The molecular formula is C16H20F3N3O2. The van der Waals surface area contributed by atoms with Gasteiger partial charge in [-0.25, -0.2) is 0 Å². The van der Waals surface area contributed by atoms with Gasteiger partial charge in [0.15, 0.2) is 0 Å². The van der Waals surface area contributed by atoms with Crippen LogP contribution in [0.2, 0.25) is 0 Å². The maximum absolute atomic E-state index is 12.9. The molecule has 5 nitrogen and oxygen atoms in total. The molecule has 2 rings (SSSR count). The minimum Gasteiger partial charge on any atom is -0.354 e. The predicted octanol–water partition coefficient (Wildman–Crippen LogP) is 1.55. The van der Waals surface area contributed by atoms with Crippen molar-refractivity contribution in [2.75, 3.05) is 26.2 Å². The zero-order chi connectivity index (χ0) is 17.6. The predicted molar refractivity (Wildman–Crippen MR) is 82.4 cm³/mol. The molecule has 0 aliphatic carbocycles. The molecule has 24 heavy (non-hydrogen) atoms. The van der Waals surface area contributed by atoms with Crippen LogP contribution in [0, 0.1) is 5.92 Å². The lowest BCUT2D eigenvalue weighted by Crippen LogP contribution is -2.42. The van der Waals surface area contributed by atoms with Gasteiger partial charge in [-0.1, -0.05) is 12.1 Å². The van der Waals surface area contributed by atoms with Crippen molar-refractivity contribution in [3.63, 3.8) is 0 Å². The molecule has 3 N–H and O–H groups in total. The van der Waals surface area contributed by atoms with Crippen LogP contribution < -0.4 is 16.0 Å². The van der Waals surface area contributed by atoms with Crippen molar-refractivity contribution in [3.8, 4) is 0 Å². The van der Waals surface area contributed by atoms with Gasteiger partial charge in [-0.2, -0.15) is 13.2 Å². The minimum absolute atomic E-state index is 0.337. The molecule has 1 heterocycles. The zero-order valence-electron chi connectivity index (χ0n) is 13.1. The lowest BCUT2D eigenvalue weighted by atomic mass is 10.00. The number of amides is 2. The van der Waals surface area contributed by atoms with Gasteiger partial charge in [-0.3, -0.25) is 9.59 Å². The van der Waals surface area contributed by atoms with E-state index in [2.05, 4.69) is 16.0 Å². The Morgan fingerprint density at radius 1 is 1.21 bits per heavy atom. The van der Waals surface area contributed by atoms with Crippen LogP contribution in [0.1, 0.15) is 28.8 Å². The van der Waals surface area contributed by atoms with Crippen LogP contribution >= 0.6 is 0 Å². The van der Waals surface area contributed by atoms with E-state index in [0.29, 0.717) is 12.5 Å². The van der Waals surface area contributed by atoms with E-state index < -0.39 is 29.1 Å². The molecule has 1 aliphatic rings. The van der Waals surface area contributed by atoms with Crippen LogP contribution in [-0.4, -0.2) is 38.0 Å². The molecule has 1 aromatic rings. The summed E-state index contributed by atoms with van der Waals surface area (Å²) in [6.07, 6.45) is -2.56. The van der Waals surface area contributed by atoms with Crippen molar-refractivity contribution in [1.82, 2.24) is 16.0 Å². The third-order valence-electron chi connectivity index (χ3n) is 3.87. The largest absolute Gasteiger partial charge is 0.417 e. The summed E-state index contributed by atoms with van der Waals surface area (Å²) in [4.78, 5) is 23.7. The number of hydrogen-bond acceptors (Lipinski definition) is 3. The fourth-order valence-corrected chi connectivity index (χ4v) is 2.60. The van der Waals surface area contributed by atoms with Gasteiger partial charge in [-0.05, 0) is 44.0 Å². The Balaban J connectivity index is 1.83. The summed E-state index contributed by atoms with van der Waals surface area (Å²) in [5, 5.41) is 8.14. The Bertz CT molecular complexity index is 584. The highest BCUT2D eigenvalue weighted by Gasteiger charge is 2.34. The van der Waals surface area contributed by atoms with E-state index >= 15 is 0 Å². The number of piperidine rings is 1. The number of carbonyl (C=O) groups is 2. The quantitative estimate of drug-likeness (QED) is 0.760. The van der Waals surface area contributed by atoms with E-state index in [1.54, 1.807) is 0 Å². The van der Waals surface area contributed by atoms with Crippen LogP contribution in [0.3, 0.4) is 0 Å². The van der Waals surface area contributed by atoms with Crippen LogP contribution in [-0.2, 0) is 11.0 Å². The second-order valence-electron chi connectivity index (χ2n) is 5.74. The van der Waals surface area contributed by atoms with Crippen molar-refractivity contribution in [1.29, 1.82) is 0 Å². The highest BCUT2D eigenvalue weighted by Crippen LogP contribution is 2.31. The Labute approximate surface area is 138 Å². The summed E-state index contributed by atoms with van der Waals surface area (Å²) in [6.45, 7) is 1.93. The number of nitrogens with one attached hydrogen (secondary N) is 3. The van der Waals surface area contributed by atoms with Gasteiger partial charge in [0.05, 0.1) is 17.7 Å². The summed E-state index contributed by atoms with van der Waals surface area (Å²) in [5.74, 6) is -1.000. The van der Waals surface area contributed by atoms with E-state index in [1.165, 1.54) is 12.1 Å². The maximum Gasteiger partial charge on any atom is 0.417 e. The van der Waals surface area contributed by atoms with E-state index in [4.69, 9.17) is 0 Å². The Kier molecular flexibility index (Phi) is 6.19. The lowest BCUT2D eigenvalue weighted by molar-refractivity contribution is -0.137. The molecular weight excluding hydrogens is 323 g/mol. The molecule has 1 aromatic carbocycles. The molecule has 132 valence electrons. The van der Waals surface area contributed by atoms with Gasteiger partial charge >= 0.3 is 6.18 Å². The van der Waals surface area contributed by atoms with Crippen LogP contribution in [0.25, 0.3) is 0 Å². The first-order valence-electron chi connectivity index (χ1n) is 7.80. The van der Waals surface area contributed by atoms with E-state index in [-0.39, 0.29) is 6.54 Å². The molecule has 0 bridgehead atoms. The number of carbonyl (C=O) groups excluding carboxylic acids is 2. The van der Waals surface area contributed by atoms with Gasteiger partial charge in [0.25, 0.3) is 5.91 Å². The average molecular weight is 343 g/mol. The SMILES string of the molecule is O=C(CNC(=O)c1ccccc1C(F)(F)F)NCC1CCCNC1. The second kappa shape index (κ2) is 8.14. The summed E-state index contributed by atoms with van der Waals surface area (Å²) in [6, 6.07) is 4.49. The van der Waals surface area contributed by atoms with Gasteiger partial charge in [0.1, 0.15) is 0 Å². The summed E-state index contributed by atoms with van der Waals surface area (Å²) in [7, 11) is 0. The van der Waals surface area contributed by atoms with Crippen molar-refractivity contribution in [2.24, 2.45) is 5.92 Å². The normalized spacial score (nSPS) is 18.0. The Hall–Kier alpha value is -2.09. The highest BCUT2D eigenvalue weighted by molar-refractivity contribution is 5.97. The zero-order valence-corrected chi connectivity index (χ0v) is 13.1. The maximum atomic E-state index is 12.9. The van der Waals surface area contributed by atoms with Crippen LogP contribution in [0.5, 0.6) is 0 Å². The first-order chi connectivity index (χ1) is 11.4. The van der Waals surface area contributed by atoms with Crippen molar-refractivity contribution >= 4 is 11.8 Å². The van der Waals surface area contributed by atoms with Crippen LogP contribution in [0.4, 0.5) is 13.2 Å². The van der Waals surface area contributed by atoms with Crippen molar-refractivity contribution in [2.45, 2.75) is 19.0 Å². The molecule has 0 aromatic heterocycles. The summed E-state index contributed by atoms with van der Waals surface area (Å²) in [5.41, 5.74) is -1.51. The first kappa shape index (κ1) is 18.3. The fraction of sp³-hybridized carbons (Fsp3) is 0.500. The minimum atomic E-state index is -4.62. The molecule has 8 heteroatoms. The van der Waals surface area contributed by atoms with E-state index in [0.717, 1.165) is 38.1 Å². The molecule has 1 saturated heterocycles. The van der Waals surface area contributed by atoms with E-state index in [9.17, 15) is 22.8 Å². The molecule has 1 aliphatic heterocycles. The highest BCUT2D eigenvalue weighted by atomic mass is 19.4. The Morgan fingerprint density at radius 2 is 1.96 bits per heavy atom. The number of hydrogen-bond donors (Lipinski definition) is 3. The standard InChI is InChI=1S/C16H20F3N3O2/c17-16(18,19)13-6-2-1-5-12(13)15(24)22-10-14(23)21-9-11-4-3-7-20-8-11/h1-2,5-6,11,20H,3-4,7-10H2,(H,21,23)(H,22,24). The van der Waals surface area contributed by atoms with E-state index in [1.807, 2.05) is 0 Å². The lowest BCUT2D eigenvalue weighted by Gasteiger charge is -2.22. The summed E-state index contributed by atoms with van der Waals surface area (Å²) < 4.78 is 38.6. The molecule has 0 radical (unpaired) electrons. The third kappa shape index (κ3) is 5.23. The molecule has 1 atom stereocenters. The number of halogens is 3. The number of benzene rings is 1.